The first-order valence-electron chi connectivity index (χ1n) is 14.7. The Kier molecular flexibility index (Phi) is 10.2. The minimum atomic E-state index is -0.794. The molecule has 240 valence electrons. The summed E-state index contributed by atoms with van der Waals surface area (Å²) in [7, 11) is 3.11. The van der Waals surface area contributed by atoms with Gasteiger partial charge >= 0.3 is 5.97 Å². The summed E-state index contributed by atoms with van der Waals surface area (Å²) in [5.41, 5.74) is 2.80. The maximum Gasteiger partial charge on any atom is 0.338 e. The first-order chi connectivity index (χ1) is 22.1. The first kappa shape index (κ1) is 32.8. The highest BCUT2D eigenvalue weighted by Crippen LogP contribution is 2.36. The van der Waals surface area contributed by atoms with Gasteiger partial charge in [-0.3, -0.25) is 9.36 Å². The molecule has 1 aliphatic rings. The summed E-state index contributed by atoms with van der Waals surface area (Å²) in [6.07, 6.45) is 1.70. The molecule has 0 spiro atoms. The van der Waals surface area contributed by atoms with E-state index in [4.69, 9.17) is 35.3 Å². The van der Waals surface area contributed by atoms with E-state index in [-0.39, 0.29) is 23.8 Å². The van der Waals surface area contributed by atoms with E-state index < -0.39 is 12.0 Å². The Labute approximate surface area is 275 Å². The van der Waals surface area contributed by atoms with Crippen molar-refractivity contribution in [2.75, 3.05) is 20.8 Å². The third-order valence-corrected chi connectivity index (χ3v) is 8.41. The Balaban J connectivity index is 1.56. The highest BCUT2D eigenvalue weighted by atomic mass is 35.5. The number of hydrogen-bond donors (Lipinski definition) is 0. The fourth-order valence-corrected chi connectivity index (χ4v) is 6.27. The van der Waals surface area contributed by atoms with Crippen LogP contribution in [0.25, 0.3) is 6.08 Å². The van der Waals surface area contributed by atoms with Gasteiger partial charge in [-0.05, 0) is 86.9 Å². The summed E-state index contributed by atoms with van der Waals surface area (Å²) in [4.78, 5) is 32.5. The number of thiazole rings is 1. The number of benzene rings is 3. The Morgan fingerprint density at radius 2 is 1.70 bits per heavy atom. The van der Waals surface area contributed by atoms with Crippen molar-refractivity contribution in [2.24, 2.45) is 4.99 Å². The molecule has 0 saturated heterocycles. The Bertz CT molecular complexity index is 1960. The molecule has 1 atom stereocenters. The zero-order valence-electron chi connectivity index (χ0n) is 26.5. The van der Waals surface area contributed by atoms with Crippen molar-refractivity contribution in [3.05, 3.63) is 113 Å². The van der Waals surface area contributed by atoms with Crippen LogP contribution in [0.1, 0.15) is 50.4 Å². The Hall–Kier alpha value is -4.54. The van der Waals surface area contributed by atoms with Gasteiger partial charge in [0.2, 0.25) is 0 Å². The lowest BCUT2D eigenvalue weighted by molar-refractivity contribution is -0.139. The zero-order chi connectivity index (χ0) is 33.0. The van der Waals surface area contributed by atoms with Crippen molar-refractivity contribution in [3.8, 4) is 23.0 Å². The number of aromatic nitrogens is 1. The normalized spacial score (nSPS) is 14.5. The maximum atomic E-state index is 14.1. The van der Waals surface area contributed by atoms with E-state index in [1.165, 1.54) is 15.9 Å². The number of ether oxygens (including phenoxy) is 5. The number of fused-ring (bicyclic) bond motifs is 1. The second kappa shape index (κ2) is 14.3. The van der Waals surface area contributed by atoms with E-state index in [2.05, 4.69) is 4.99 Å². The van der Waals surface area contributed by atoms with Gasteiger partial charge in [-0.1, -0.05) is 47.2 Å². The molecule has 0 aliphatic carbocycles. The molecular formula is C35H35ClN2O7S. The topological polar surface area (TPSA) is 97.6 Å². The highest BCUT2D eigenvalue weighted by molar-refractivity contribution is 7.07. The minimum Gasteiger partial charge on any atom is -0.493 e. The summed E-state index contributed by atoms with van der Waals surface area (Å²) in [6, 6.07) is 17.5. The molecule has 0 amide bonds. The maximum absolute atomic E-state index is 14.1. The van der Waals surface area contributed by atoms with Crippen molar-refractivity contribution in [1.29, 1.82) is 0 Å². The molecule has 0 saturated carbocycles. The van der Waals surface area contributed by atoms with Crippen LogP contribution in [0.2, 0.25) is 5.02 Å². The molecule has 0 radical (unpaired) electrons. The molecule has 9 nitrogen and oxygen atoms in total. The van der Waals surface area contributed by atoms with Gasteiger partial charge in [0.15, 0.2) is 27.8 Å². The van der Waals surface area contributed by atoms with E-state index in [1.807, 2.05) is 50.2 Å². The quantitative estimate of drug-likeness (QED) is 0.186. The number of hydrogen-bond acceptors (Lipinski definition) is 9. The van der Waals surface area contributed by atoms with E-state index >= 15 is 0 Å². The van der Waals surface area contributed by atoms with Crippen molar-refractivity contribution < 1.29 is 28.5 Å². The second-order valence-electron chi connectivity index (χ2n) is 10.7. The van der Waals surface area contributed by atoms with Gasteiger partial charge in [0, 0.05) is 5.02 Å². The zero-order valence-corrected chi connectivity index (χ0v) is 28.0. The lowest BCUT2D eigenvalue weighted by Crippen LogP contribution is -2.40. The lowest BCUT2D eigenvalue weighted by Gasteiger charge is -2.25. The van der Waals surface area contributed by atoms with E-state index in [0.29, 0.717) is 55.2 Å². The highest BCUT2D eigenvalue weighted by Gasteiger charge is 2.34. The van der Waals surface area contributed by atoms with Gasteiger partial charge < -0.3 is 23.7 Å². The molecule has 0 unspecified atom stereocenters. The van der Waals surface area contributed by atoms with Crippen molar-refractivity contribution in [2.45, 2.75) is 46.4 Å². The SMILES string of the molecule is CCOC(=O)C1=C(C)N=c2s/c(=C\c3ccc(OCc4ccc(Cl)cc4)c(OC)c3)c(=O)n2[C@@H]1c1ccc(OC(C)C)c(OC)c1. The van der Waals surface area contributed by atoms with Crippen LogP contribution in [0.5, 0.6) is 23.0 Å². The number of halogens is 1. The van der Waals surface area contributed by atoms with Gasteiger partial charge in [0.1, 0.15) is 6.61 Å². The third-order valence-electron chi connectivity index (χ3n) is 7.18. The number of nitrogens with zero attached hydrogens (tertiary/aromatic N) is 2. The van der Waals surface area contributed by atoms with Gasteiger partial charge in [0.05, 0.1) is 48.8 Å². The Morgan fingerprint density at radius 1 is 1.00 bits per heavy atom. The number of methoxy groups -OCH3 is 2. The van der Waals surface area contributed by atoms with Crippen LogP contribution in [0, 0.1) is 0 Å². The first-order valence-corrected chi connectivity index (χ1v) is 15.9. The number of esters is 1. The molecule has 11 heteroatoms. The van der Waals surface area contributed by atoms with Crippen LogP contribution in [0.15, 0.2) is 81.7 Å². The van der Waals surface area contributed by atoms with Crippen molar-refractivity contribution in [3.63, 3.8) is 0 Å². The predicted molar refractivity (Wildman–Crippen MR) is 178 cm³/mol. The van der Waals surface area contributed by atoms with Crippen LogP contribution in [0.3, 0.4) is 0 Å². The van der Waals surface area contributed by atoms with Crippen molar-refractivity contribution >= 4 is 35.0 Å². The molecule has 1 aliphatic heterocycles. The molecule has 2 heterocycles. The standard InChI is InChI=1S/C35H35ClN2O7S/c1-7-43-34(40)31-21(4)37-35-38(32(31)24-11-15-27(45-20(2)3)29(18-24)42-6)33(39)30(46-35)17-23-10-14-26(28(16-23)41-5)44-19-22-8-12-25(36)13-9-22/h8-18,20,32H,7,19H2,1-6H3/b30-17-/t32-/m1/s1. The molecule has 1 aromatic heterocycles. The summed E-state index contributed by atoms with van der Waals surface area (Å²) in [5.74, 6) is 1.58. The second-order valence-corrected chi connectivity index (χ2v) is 12.2. The molecular weight excluding hydrogens is 628 g/mol. The minimum absolute atomic E-state index is 0.0719. The molecule has 0 N–H and O–H groups in total. The van der Waals surface area contributed by atoms with Crippen LogP contribution >= 0.6 is 22.9 Å². The lowest BCUT2D eigenvalue weighted by atomic mass is 9.95. The molecule has 0 fully saturated rings. The number of carbonyl (C=O) groups excluding carboxylic acids is 1. The molecule has 46 heavy (non-hydrogen) atoms. The summed E-state index contributed by atoms with van der Waals surface area (Å²) in [5, 5.41) is 0.656. The molecule has 0 bridgehead atoms. The van der Waals surface area contributed by atoms with Crippen LogP contribution < -0.4 is 33.8 Å². The van der Waals surface area contributed by atoms with Crippen LogP contribution in [-0.2, 0) is 16.1 Å². The summed E-state index contributed by atoms with van der Waals surface area (Å²) < 4.78 is 30.5. The fraction of sp³-hybridized carbons (Fsp3) is 0.286. The fourth-order valence-electron chi connectivity index (χ4n) is 5.10. The summed E-state index contributed by atoms with van der Waals surface area (Å²) in [6.45, 7) is 7.85. The van der Waals surface area contributed by atoms with Gasteiger partial charge in [-0.2, -0.15) is 0 Å². The number of carbonyl (C=O) groups is 1. The monoisotopic (exact) mass is 662 g/mol. The number of rotatable bonds is 11. The van der Waals surface area contributed by atoms with Gasteiger partial charge in [-0.15, -0.1) is 0 Å². The average molecular weight is 663 g/mol. The van der Waals surface area contributed by atoms with Gasteiger partial charge in [-0.25, -0.2) is 9.79 Å². The average Bonchev–Trinajstić information content (AvgIpc) is 3.34. The van der Waals surface area contributed by atoms with E-state index in [1.54, 1.807) is 58.4 Å². The van der Waals surface area contributed by atoms with Crippen LogP contribution in [-0.4, -0.2) is 37.5 Å². The Morgan fingerprint density at radius 3 is 2.37 bits per heavy atom. The van der Waals surface area contributed by atoms with Crippen LogP contribution in [0.4, 0.5) is 0 Å². The smallest absolute Gasteiger partial charge is 0.338 e. The van der Waals surface area contributed by atoms with E-state index in [9.17, 15) is 9.59 Å². The summed E-state index contributed by atoms with van der Waals surface area (Å²) >= 11 is 7.23. The van der Waals surface area contributed by atoms with Gasteiger partial charge in [0.25, 0.3) is 5.56 Å². The molecule has 4 aromatic rings. The predicted octanol–water partition coefficient (Wildman–Crippen LogP) is 5.84. The molecule has 3 aromatic carbocycles. The van der Waals surface area contributed by atoms with E-state index in [0.717, 1.165) is 11.1 Å². The van der Waals surface area contributed by atoms with Crippen molar-refractivity contribution in [1.82, 2.24) is 4.57 Å². The largest absolute Gasteiger partial charge is 0.493 e. The molecule has 5 rings (SSSR count). The number of allylic oxidation sites excluding steroid dienone is 1. The third kappa shape index (κ3) is 6.98.